The van der Waals surface area contributed by atoms with Gasteiger partial charge >= 0.3 is 17.8 Å². The van der Waals surface area contributed by atoms with Gasteiger partial charge in [0.05, 0.1) is 30.8 Å². The van der Waals surface area contributed by atoms with Gasteiger partial charge in [-0.2, -0.15) is 18.2 Å². The van der Waals surface area contributed by atoms with Gasteiger partial charge in [0, 0.05) is 6.20 Å². The highest BCUT2D eigenvalue weighted by Gasteiger charge is 2.39. The van der Waals surface area contributed by atoms with Crippen LogP contribution in [0.2, 0.25) is 5.02 Å². The van der Waals surface area contributed by atoms with Crippen LogP contribution in [-0.4, -0.2) is 35.9 Å². The quantitative estimate of drug-likeness (QED) is 0.378. The minimum absolute atomic E-state index is 0.0945. The number of benzene rings is 2. The number of nitrogens with zero attached hydrogens (tertiary/aromatic N) is 2. The Morgan fingerprint density at radius 1 is 1.20 bits per heavy atom. The molecule has 3 aromatic rings. The van der Waals surface area contributed by atoms with Gasteiger partial charge in [0.15, 0.2) is 5.82 Å². The molecule has 35 heavy (non-hydrogen) atoms. The van der Waals surface area contributed by atoms with Crippen LogP contribution in [0, 0.1) is 5.82 Å². The van der Waals surface area contributed by atoms with E-state index in [1.807, 2.05) is 0 Å². The second kappa shape index (κ2) is 10.2. The first-order valence-corrected chi connectivity index (χ1v) is 10.2. The highest BCUT2D eigenvalue weighted by Crippen LogP contribution is 2.39. The van der Waals surface area contributed by atoms with Crippen molar-refractivity contribution in [3.63, 3.8) is 0 Å². The van der Waals surface area contributed by atoms with Gasteiger partial charge in [-0.1, -0.05) is 29.8 Å². The van der Waals surface area contributed by atoms with Crippen LogP contribution >= 0.6 is 11.6 Å². The number of anilines is 1. The van der Waals surface area contributed by atoms with Crippen molar-refractivity contribution >= 4 is 29.5 Å². The SMILES string of the molecule is COC(=O)c1ccc(/C=C/C(c2cc(Cl)c(F)c(-n3ccc(N)nc3=O)c2)C(F)(F)F)cc1OC. The predicted molar refractivity (Wildman–Crippen MR) is 121 cm³/mol. The number of esters is 1. The van der Waals surface area contributed by atoms with E-state index < -0.39 is 45.8 Å². The molecule has 0 saturated carbocycles. The first-order chi connectivity index (χ1) is 16.5. The molecule has 1 aromatic heterocycles. The van der Waals surface area contributed by atoms with Crippen LogP contribution < -0.4 is 16.2 Å². The molecule has 0 fully saturated rings. The molecule has 0 aliphatic rings. The molecule has 0 saturated heterocycles. The van der Waals surface area contributed by atoms with Gasteiger partial charge < -0.3 is 15.2 Å². The van der Waals surface area contributed by atoms with Crippen molar-refractivity contribution in [1.82, 2.24) is 9.55 Å². The molecule has 0 bridgehead atoms. The topological polar surface area (TPSA) is 96.4 Å². The molecule has 1 heterocycles. The van der Waals surface area contributed by atoms with Gasteiger partial charge in [-0.15, -0.1) is 0 Å². The molecule has 0 spiro atoms. The summed E-state index contributed by atoms with van der Waals surface area (Å²) in [5.41, 5.74) is 3.88. The molecule has 2 N–H and O–H groups in total. The third kappa shape index (κ3) is 5.62. The van der Waals surface area contributed by atoms with Crippen LogP contribution in [-0.2, 0) is 4.74 Å². The molecule has 0 aliphatic heterocycles. The Kier molecular flexibility index (Phi) is 7.49. The lowest BCUT2D eigenvalue weighted by atomic mass is 9.96. The smallest absolute Gasteiger partial charge is 0.399 e. The lowest BCUT2D eigenvalue weighted by Crippen LogP contribution is -2.24. The molecular weight excluding hydrogens is 494 g/mol. The van der Waals surface area contributed by atoms with Crippen LogP contribution in [0.1, 0.15) is 27.4 Å². The number of alkyl halides is 3. The Bertz CT molecular complexity index is 1360. The van der Waals surface area contributed by atoms with E-state index >= 15 is 0 Å². The Morgan fingerprint density at radius 3 is 2.51 bits per heavy atom. The fraction of sp³-hybridized carbons (Fsp3) is 0.174. The molecule has 1 unspecified atom stereocenters. The Balaban J connectivity index is 2.08. The molecule has 0 amide bonds. The number of carbonyl (C=O) groups excluding carboxylic acids is 1. The largest absolute Gasteiger partial charge is 0.496 e. The number of nitrogen functional groups attached to an aromatic ring is 1. The summed E-state index contributed by atoms with van der Waals surface area (Å²) in [4.78, 5) is 27.4. The molecule has 0 radical (unpaired) electrons. The van der Waals surface area contributed by atoms with Gasteiger partial charge in [-0.25, -0.2) is 14.0 Å². The van der Waals surface area contributed by atoms with Gasteiger partial charge in [0.25, 0.3) is 0 Å². The third-order valence-electron chi connectivity index (χ3n) is 4.94. The summed E-state index contributed by atoms with van der Waals surface area (Å²) in [5, 5.41) is -0.618. The highest BCUT2D eigenvalue weighted by molar-refractivity contribution is 6.31. The maximum Gasteiger partial charge on any atom is 0.399 e. The zero-order chi connectivity index (χ0) is 25.9. The summed E-state index contributed by atoms with van der Waals surface area (Å²) in [6.45, 7) is 0. The second-order valence-electron chi connectivity index (χ2n) is 7.17. The molecule has 7 nitrogen and oxygen atoms in total. The van der Waals surface area contributed by atoms with E-state index in [9.17, 15) is 27.2 Å². The number of carbonyl (C=O) groups is 1. The average molecular weight is 512 g/mol. The lowest BCUT2D eigenvalue weighted by molar-refractivity contribution is -0.139. The van der Waals surface area contributed by atoms with Gasteiger partial charge in [0.1, 0.15) is 17.1 Å². The van der Waals surface area contributed by atoms with E-state index in [1.54, 1.807) is 0 Å². The highest BCUT2D eigenvalue weighted by atomic mass is 35.5. The predicted octanol–water partition coefficient (Wildman–Crippen LogP) is 4.76. The van der Waals surface area contributed by atoms with Gasteiger partial charge in [-0.3, -0.25) is 4.57 Å². The summed E-state index contributed by atoms with van der Waals surface area (Å²) in [5.74, 6) is -4.03. The standard InChI is InChI=1S/C23H18ClF4N3O4/c1-34-18-9-12(3-5-14(18)21(32)35-2)4-6-15(23(26,27)28)13-10-16(24)20(25)17(11-13)31-8-7-19(29)30-22(31)33/h3-11,15H,1-2H3,(H2,29,30,33)/b6-4+. The number of ether oxygens (including phenoxy) is 2. The number of methoxy groups -OCH3 is 2. The number of halogens is 5. The summed E-state index contributed by atoms with van der Waals surface area (Å²) in [6.07, 6.45) is -1.72. The van der Waals surface area contributed by atoms with Crippen molar-refractivity contribution in [2.45, 2.75) is 12.1 Å². The van der Waals surface area contributed by atoms with Crippen molar-refractivity contribution in [3.8, 4) is 11.4 Å². The van der Waals surface area contributed by atoms with E-state index in [4.69, 9.17) is 22.1 Å². The van der Waals surface area contributed by atoms with Crippen LogP contribution in [0.25, 0.3) is 11.8 Å². The minimum atomic E-state index is -4.80. The van der Waals surface area contributed by atoms with Crippen LogP contribution in [0.4, 0.5) is 23.4 Å². The van der Waals surface area contributed by atoms with Gasteiger partial charge in [0.2, 0.25) is 0 Å². The van der Waals surface area contributed by atoms with E-state index in [1.165, 1.54) is 38.5 Å². The third-order valence-corrected chi connectivity index (χ3v) is 5.21. The lowest BCUT2D eigenvalue weighted by Gasteiger charge is -2.19. The summed E-state index contributed by atoms with van der Waals surface area (Å²) in [6, 6.07) is 7.00. The van der Waals surface area contributed by atoms with Crippen molar-refractivity contribution in [1.29, 1.82) is 0 Å². The molecular formula is C23H18ClF4N3O4. The molecule has 1 atom stereocenters. The van der Waals surface area contributed by atoms with Crippen molar-refractivity contribution in [3.05, 3.63) is 86.7 Å². The summed E-state index contributed by atoms with van der Waals surface area (Å²) >= 11 is 5.88. The number of allylic oxidation sites excluding steroid dienone is 1. The second-order valence-corrected chi connectivity index (χ2v) is 7.58. The maximum atomic E-state index is 14.7. The van der Waals surface area contributed by atoms with Crippen LogP contribution in [0.15, 0.2) is 53.5 Å². The van der Waals surface area contributed by atoms with Crippen molar-refractivity contribution in [2.75, 3.05) is 20.0 Å². The maximum absolute atomic E-state index is 14.7. The first kappa shape index (κ1) is 25.8. The molecule has 184 valence electrons. The van der Waals surface area contributed by atoms with Crippen molar-refractivity contribution in [2.24, 2.45) is 0 Å². The van der Waals surface area contributed by atoms with E-state index in [0.717, 1.165) is 30.5 Å². The Morgan fingerprint density at radius 2 is 1.91 bits per heavy atom. The first-order valence-electron chi connectivity index (χ1n) is 9.82. The molecule has 12 heteroatoms. The zero-order valence-electron chi connectivity index (χ0n) is 18.3. The summed E-state index contributed by atoms with van der Waals surface area (Å²) < 4.78 is 67.1. The number of nitrogens with two attached hydrogens (primary N) is 1. The average Bonchev–Trinajstić information content (AvgIpc) is 2.80. The van der Waals surface area contributed by atoms with E-state index in [2.05, 4.69) is 9.72 Å². The molecule has 0 aliphatic carbocycles. The number of hydrogen-bond acceptors (Lipinski definition) is 6. The molecule has 2 aromatic carbocycles. The fourth-order valence-electron chi connectivity index (χ4n) is 3.26. The monoisotopic (exact) mass is 511 g/mol. The number of rotatable bonds is 6. The molecule has 3 rings (SSSR count). The number of aromatic nitrogens is 2. The minimum Gasteiger partial charge on any atom is -0.496 e. The van der Waals surface area contributed by atoms with Crippen molar-refractivity contribution < 1.29 is 31.8 Å². The number of hydrogen-bond donors (Lipinski definition) is 1. The van der Waals surface area contributed by atoms with Crippen LogP contribution in [0.3, 0.4) is 0 Å². The zero-order valence-corrected chi connectivity index (χ0v) is 19.0. The summed E-state index contributed by atoms with van der Waals surface area (Å²) in [7, 11) is 2.48. The normalized spacial score (nSPS) is 12.5. The van der Waals surface area contributed by atoms with Crippen LogP contribution in [0.5, 0.6) is 5.75 Å². The Hall–Kier alpha value is -3.86. The van der Waals surface area contributed by atoms with E-state index in [-0.39, 0.29) is 22.7 Å². The fourth-order valence-corrected chi connectivity index (χ4v) is 3.48. The van der Waals surface area contributed by atoms with Gasteiger partial charge in [-0.05, 0) is 41.5 Å². The van der Waals surface area contributed by atoms with E-state index in [0.29, 0.717) is 4.57 Å². The Labute approximate surface area is 201 Å².